The van der Waals surface area contributed by atoms with Crippen LogP contribution >= 0.6 is 0 Å². The molecule has 1 N–H and O–H groups in total. The molecule has 124 valence electrons. The molecule has 1 aliphatic carbocycles. The standard InChI is InChI=1S/C17H33NO3/c1-6-18-17(16(19)20-5)10-7-8-15(17)9-11-21-14(4)12-13(2)3/h13-15,18H,6-12H2,1-5H3. The Morgan fingerprint density at radius 2 is 2.10 bits per heavy atom. The van der Waals surface area contributed by atoms with Gasteiger partial charge in [0.05, 0.1) is 13.2 Å². The highest BCUT2D eigenvalue weighted by molar-refractivity contribution is 5.81. The summed E-state index contributed by atoms with van der Waals surface area (Å²) < 4.78 is 11.0. The average Bonchev–Trinajstić information content (AvgIpc) is 2.81. The summed E-state index contributed by atoms with van der Waals surface area (Å²) in [5.41, 5.74) is -0.492. The van der Waals surface area contributed by atoms with E-state index < -0.39 is 5.54 Å². The number of rotatable bonds is 9. The second-order valence-corrected chi connectivity index (χ2v) is 6.68. The molecule has 0 heterocycles. The molecule has 21 heavy (non-hydrogen) atoms. The zero-order valence-corrected chi connectivity index (χ0v) is 14.4. The third kappa shape index (κ3) is 4.96. The Hall–Kier alpha value is -0.610. The van der Waals surface area contributed by atoms with Crippen LogP contribution < -0.4 is 5.32 Å². The summed E-state index contributed by atoms with van der Waals surface area (Å²) in [6, 6.07) is 0. The van der Waals surface area contributed by atoms with Gasteiger partial charge in [-0.3, -0.25) is 4.79 Å². The van der Waals surface area contributed by atoms with Gasteiger partial charge in [0.15, 0.2) is 0 Å². The van der Waals surface area contributed by atoms with Crippen molar-refractivity contribution in [3.8, 4) is 0 Å². The molecule has 0 aliphatic heterocycles. The molecule has 0 spiro atoms. The minimum atomic E-state index is -0.492. The van der Waals surface area contributed by atoms with Gasteiger partial charge in [-0.25, -0.2) is 0 Å². The van der Waals surface area contributed by atoms with Crippen LogP contribution in [0.2, 0.25) is 0 Å². The second-order valence-electron chi connectivity index (χ2n) is 6.68. The fourth-order valence-electron chi connectivity index (χ4n) is 3.68. The van der Waals surface area contributed by atoms with Crippen LogP contribution in [-0.2, 0) is 14.3 Å². The Morgan fingerprint density at radius 1 is 1.38 bits per heavy atom. The van der Waals surface area contributed by atoms with E-state index in [2.05, 4.69) is 26.1 Å². The molecule has 1 fully saturated rings. The molecule has 3 atom stereocenters. The largest absolute Gasteiger partial charge is 0.468 e. The van der Waals surface area contributed by atoms with Crippen molar-refractivity contribution in [3.63, 3.8) is 0 Å². The first kappa shape index (κ1) is 18.4. The SMILES string of the molecule is CCNC1(C(=O)OC)CCCC1CCOC(C)CC(C)C. The smallest absolute Gasteiger partial charge is 0.326 e. The molecule has 4 nitrogen and oxygen atoms in total. The van der Waals surface area contributed by atoms with E-state index in [-0.39, 0.29) is 12.1 Å². The summed E-state index contributed by atoms with van der Waals surface area (Å²) in [5, 5.41) is 3.40. The van der Waals surface area contributed by atoms with E-state index in [0.717, 1.165) is 45.3 Å². The van der Waals surface area contributed by atoms with Gasteiger partial charge in [-0.1, -0.05) is 27.2 Å². The summed E-state index contributed by atoms with van der Waals surface area (Å²) >= 11 is 0. The number of carbonyl (C=O) groups is 1. The Balaban J connectivity index is 2.53. The molecule has 0 radical (unpaired) electrons. The molecule has 0 saturated heterocycles. The van der Waals surface area contributed by atoms with Gasteiger partial charge in [0.1, 0.15) is 5.54 Å². The minimum absolute atomic E-state index is 0.109. The molecule has 0 amide bonds. The Morgan fingerprint density at radius 3 is 2.67 bits per heavy atom. The third-order valence-electron chi connectivity index (χ3n) is 4.53. The number of ether oxygens (including phenoxy) is 2. The van der Waals surface area contributed by atoms with Crippen molar-refractivity contribution >= 4 is 5.97 Å². The van der Waals surface area contributed by atoms with E-state index in [1.165, 1.54) is 7.11 Å². The van der Waals surface area contributed by atoms with Gasteiger partial charge >= 0.3 is 5.97 Å². The monoisotopic (exact) mass is 299 g/mol. The predicted octanol–water partition coefficient (Wildman–Crippen LogP) is 3.15. The molecule has 0 aromatic heterocycles. The highest BCUT2D eigenvalue weighted by Gasteiger charge is 2.48. The van der Waals surface area contributed by atoms with Crippen LogP contribution in [0.4, 0.5) is 0 Å². The molecule has 0 aromatic carbocycles. The lowest BCUT2D eigenvalue weighted by Gasteiger charge is -2.33. The van der Waals surface area contributed by atoms with E-state index >= 15 is 0 Å². The van der Waals surface area contributed by atoms with Gasteiger partial charge in [-0.2, -0.15) is 0 Å². The predicted molar refractivity (Wildman–Crippen MR) is 85.3 cm³/mol. The summed E-state index contributed by atoms with van der Waals surface area (Å²) in [5.74, 6) is 0.862. The second kappa shape index (κ2) is 8.74. The van der Waals surface area contributed by atoms with Gasteiger partial charge in [0.25, 0.3) is 0 Å². The first-order chi connectivity index (χ1) is 9.96. The van der Waals surface area contributed by atoms with Gasteiger partial charge in [-0.05, 0) is 51.0 Å². The fourth-order valence-corrected chi connectivity index (χ4v) is 3.68. The van der Waals surface area contributed by atoms with Crippen molar-refractivity contribution in [1.82, 2.24) is 5.32 Å². The Kier molecular flexibility index (Phi) is 7.67. The summed E-state index contributed by atoms with van der Waals surface area (Å²) in [6.07, 6.45) is 5.32. The molecule has 4 heteroatoms. The number of nitrogens with one attached hydrogen (secondary N) is 1. The number of hydrogen-bond acceptors (Lipinski definition) is 4. The number of carbonyl (C=O) groups excluding carboxylic acids is 1. The zero-order valence-electron chi connectivity index (χ0n) is 14.4. The lowest BCUT2D eigenvalue weighted by atomic mass is 9.84. The van der Waals surface area contributed by atoms with Crippen LogP contribution in [0.1, 0.15) is 59.8 Å². The molecule has 1 saturated carbocycles. The first-order valence-corrected chi connectivity index (χ1v) is 8.41. The van der Waals surface area contributed by atoms with E-state index in [1.54, 1.807) is 0 Å². The topological polar surface area (TPSA) is 47.6 Å². The highest BCUT2D eigenvalue weighted by atomic mass is 16.5. The van der Waals surface area contributed by atoms with Crippen LogP contribution in [0.25, 0.3) is 0 Å². The highest BCUT2D eigenvalue weighted by Crippen LogP contribution is 2.39. The van der Waals surface area contributed by atoms with Gasteiger partial charge in [-0.15, -0.1) is 0 Å². The maximum atomic E-state index is 12.3. The van der Waals surface area contributed by atoms with E-state index in [0.29, 0.717) is 11.8 Å². The van der Waals surface area contributed by atoms with Crippen molar-refractivity contribution in [2.24, 2.45) is 11.8 Å². The van der Waals surface area contributed by atoms with Crippen LogP contribution in [0.3, 0.4) is 0 Å². The van der Waals surface area contributed by atoms with Crippen LogP contribution in [0.5, 0.6) is 0 Å². The molecular formula is C17H33NO3. The van der Waals surface area contributed by atoms with Gasteiger partial charge in [0.2, 0.25) is 0 Å². The van der Waals surface area contributed by atoms with Crippen molar-refractivity contribution in [2.45, 2.75) is 71.4 Å². The van der Waals surface area contributed by atoms with Gasteiger partial charge in [0, 0.05) is 6.61 Å². The van der Waals surface area contributed by atoms with Crippen LogP contribution in [0, 0.1) is 11.8 Å². The summed E-state index contributed by atoms with van der Waals surface area (Å²) in [7, 11) is 1.48. The minimum Gasteiger partial charge on any atom is -0.468 e. The molecule has 1 rings (SSSR count). The Bertz CT molecular complexity index is 319. The normalized spacial score (nSPS) is 27.0. The molecule has 0 aromatic rings. The molecular weight excluding hydrogens is 266 g/mol. The molecule has 3 unspecified atom stereocenters. The Labute approximate surface area is 130 Å². The lowest BCUT2D eigenvalue weighted by Crippen LogP contribution is -2.55. The number of methoxy groups -OCH3 is 1. The molecule has 1 aliphatic rings. The van der Waals surface area contributed by atoms with Crippen molar-refractivity contribution in [2.75, 3.05) is 20.3 Å². The van der Waals surface area contributed by atoms with E-state index in [1.807, 2.05) is 6.92 Å². The first-order valence-electron chi connectivity index (χ1n) is 8.41. The van der Waals surface area contributed by atoms with E-state index in [9.17, 15) is 4.79 Å². The van der Waals surface area contributed by atoms with Gasteiger partial charge < -0.3 is 14.8 Å². The van der Waals surface area contributed by atoms with Crippen molar-refractivity contribution in [3.05, 3.63) is 0 Å². The number of hydrogen-bond donors (Lipinski definition) is 1. The van der Waals surface area contributed by atoms with Crippen molar-refractivity contribution < 1.29 is 14.3 Å². The third-order valence-corrected chi connectivity index (χ3v) is 4.53. The maximum Gasteiger partial charge on any atom is 0.326 e. The summed E-state index contributed by atoms with van der Waals surface area (Å²) in [4.78, 5) is 12.3. The molecule has 0 bridgehead atoms. The van der Waals surface area contributed by atoms with Crippen LogP contribution in [-0.4, -0.2) is 37.9 Å². The quantitative estimate of drug-likeness (QED) is 0.664. The maximum absolute atomic E-state index is 12.3. The lowest BCUT2D eigenvalue weighted by molar-refractivity contribution is -0.150. The average molecular weight is 299 g/mol. The zero-order chi connectivity index (χ0) is 15.9. The summed E-state index contributed by atoms with van der Waals surface area (Å²) in [6.45, 7) is 10.1. The van der Waals surface area contributed by atoms with E-state index in [4.69, 9.17) is 9.47 Å². The van der Waals surface area contributed by atoms with Crippen molar-refractivity contribution in [1.29, 1.82) is 0 Å². The number of esters is 1. The van der Waals surface area contributed by atoms with Crippen LogP contribution in [0.15, 0.2) is 0 Å². The number of likely N-dealkylation sites (N-methyl/N-ethyl adjacent to an activating group) is 1. The fraction of sp³-hybridized carbons (Fsp3) is 0.941.